The zero-order valence-corrected chi connectivity index (χ0v) is 12.1. The molecule has 0 aliphatic carbocycles. The van der Waals surface area contributed by atoms with Crippen LogP contribution in [-0.2, 0) is 6.54 Å². The van der Waals surface area contributed by atoms with Crippen LogP contribution in [0.2, 0.25) is 5.02 Å². The molecule has 3 rings (SSSR count). The van der Waals surface area contributed by atoms with Gasteiger partial charge in [-0.05, 0) is 30.7 Å². The van der Waals surface area contributed by atoms with Crippen molar-refractivity contribution in [2.75, 3.05) is 5.32 Å². The van der Waals surface area contributed by atoms with Crippen LogP contribution in [0, 0.1) is 18.3 Å². The van der Waals surface area contributed by atoms with Gasteiger partial charge in [-0.3, -0.25) is 0 Å². The number of halogens is 1. The Balaban J connectivity index is 1.80. The summed E-state index contributed by atoms with van der Waals surface area (Å²) in [6.07, 6.45) is 0. The molecule has 0 saturated carbocycles. The van der Waals surface area contributed by atoms with Crippen molar-refractivity contribution in [1.82, 2.24) is 15.0 Å². The van der Waals surface area contributed by atoms with Gasteiger partial charge in [0.15, 0.2) is 5.69 Å². The lowest BCUT2D eigenvalue weighted by Crippen LogP contribution is -2.03. The Bertz CT molecular complexity index is 847. The summed E-state index contributed by atoms with van der Waals surface area (Å²) in [5, 5.41) is 12.4. The number of aromatic amines is 1. The minimum atomic E-state index is 0.210. The Morgan fingerprint density at radius 1 is 1.29 bits per heavy atom. The van der Waals surface area contributed by atoms with Crippen LogP contribution in [0.5, 0.6) is 0 Å². The molecule has 0 atom stereocenters. The minimum Gasteiger partial charge on any atom is -0.363 e. The van der Waals surface area contributed by atoms with E-state index >= 15 is 0 Å². The van der Waals surface area contributed by atoms with Crippen molar-refractivity contribution in [3.8, 4) is 6.07 Å². The van der Waals surface area contributed by atoms with Gasteiger partial charge >= 0.3 is 0 Å². The number of aryl methyl sites for hydroxylation is 1. The summed E-state index contributed by atoms with van der Waals surface area (Å²) < 4.78 is 0. The van der Waals surface area contributed by atoms with Crippen molar-refractivity contribution in [3.63, 3.8) is 0 Å². The van der Waals surface area contributed by atoms with Crippen molar-refractivity contribution in [3.05, 3.63) is 52.4 Å². The van der Waals surface area contributed by atoms with E-state index < -0.39 is 0 Å². The smallest absolute Gasteiger partial charge is 0.161 e. The fraction of sp³-hybridized carbons (Fsp3) is 0.133. The molecule has 6 heteroatoms. The summed E-state index contributed by atoms with van der Waals surface area (Å²) in [5.41, 5.74) is 3.32. The fourth-order valence-corrected chi connectivity index (χ4v) is 2.25. The highest BCUT2D eigenvalue weighted by molar-refractivity contribution is 6.31. The number of imidazole rings is 1. The zero-order valence-electron chi connectivity index (χ0n) is 11.3. The Morgan fingerprint density at radius 3 is 2.90 bits per heavy atom. The maximum atomic E-state index is 8.91. The first kappa shape index (κ1) is 13.4. The molecule has 0 aliphatic rings. The van der Waals surface area contributed by atoms with E-state index in [0.717, 1.165) is 22.4 Å². The highest BCUT2D eigenvalue weighted by Gasteiger charge is 2.06. The predicted octanol–water partition coefficient (Wildman–Crippen LogP) is 3.40. The maximum Gasteiger partial charge on any atom is 0.161 e. The van der Waals surface area contributed by atoms with Crippen LogP contribution in [0.4, 0.5) is 5.82 Å². The third-order valence-corrected chi connectivity index (χ3v) is 3.46. The molecule has 21 heavy (non-hydrogen) atoms. The molecule has 104 valence electrons. The predicted molar refractivity (Wildman–Crippen MR) is 82.1 cm³/mol. The lowest BCUT2D eigenvalue weighted by Gasteiger charge is -2.04. The van der Waals surface area contributed by atoms with Crippen LogP contribution in [0.1, 0.15) is 17.1 Å². The quantitative estimate of drug-likeness (QED) is 0.776. The number of nitrogens with zero attached hydrogens (tertiary/aromatic N) is 3. The third-order valence-electron chi connectivity index (χ3n) is 3.15. The highest BCUT2D eigenvalue weighted by Crippen LogP contribution is 2.18. The van der Waals surface area contributed by atoms with Crippen molar-refractivity contribution in [2.45, 2.75) is 13.5 Å². The van der Waals surface area contributed by atoms with E-state index in [0.29, 0.717) is 17.4 Å². The van der Waals surface area contributed by atoms with E-state index in [1.165, 1.54) is 0 Å². The largest absolute Gasteiger partial charge is 0.363 e. The molecule has 3 aromatic rings. The minimum absolute atomic E-state index is 0.210. The Kier molecular flexibility index (Phi) is 3.46. The first-order valence-electron chi connectivity index (χ1n) is 6.42. The van der Waals surface area contributed by atoms with E-state index in [4.69, 9.17) is 16.9 Å². The average molecular weight is 298 g/mol. The van der Waals surface area contributed by atoms with E-state index in [-0.39, 0.29) is 5.69 Å². The number of anilines is 1. The molecule has 0 saturated heterocycles. The Labute approximate surface area is 126 Å². The van der Waals surface area contributed by atoms with Gasteiger partial charge in [0.25, 0.3) is 0 Å². The van der Waals surface area contributed by atoms with E-state index in [9.17, 15) is 0 Å². The molecule has 0 aliphatic heterocycles. The number of pyridine rings is 1. The van der Waals surface area contributed by atoms with Gasteiger partial charge < -0.3 is 10.3 Å². The van der Waals surface area contributed by atoms with Crippen molar-refractivity contribution in [1.29, 1.82) is 5.26 Å². The summed E-state index contributed by atoms with van der Waals surface area (Å²) in [6.45, 7) is 2.52. The number of para-hydroxylation sites is 1. The number of hydrogen-bond acceptors (Lipinski definition) is 4. The molecule has 0 spiro atoms. The van der Waals surface area contributed by atoms with Crippen LogP contribution in [0.15, 0.2) is 30.3 Å². The molecule has 1 aromatic carbocycles. The summed E-state index contributed by atoms with van der Waals surface area (Å²) in [4.78, 5) is 11.9. The molecule has 0 fully saturated rings. The van der Waals surface area contributed by atoms with Crippen LogP contribution in [-0.4, -0.2) is 15.0 Å². The standard InChI is InChI=1S/C15H12ClN5/c1-9-3-2-4-11-15(9)21-14(19-11)8-18-13-6-5-10(16)12(7-17)20-13/h2-6H,8H2,1H3,(H,18,20)(H,19,21). The highest BCUT2D eigenvalue weighted by atomic mass is 35.5. The number of aromatic nitrogens is 3. The van der Waals surface area contributed by atoms with Crippen molar-refractivity contribution in [2.24, 2.45) is 0 Å². The topological polar surface area (TPSA) is 77.4 Å². The molecule has 2 aromatic heterocycles. The Morgan fingerprint density at radius 2 is 2.14 bits per heavy atom. The number of benzene rings is 1. The van der Waals surface area contributed by atoms with E-state index in [1.807, 2.05) is 31.2 Å². The summed E-state index contributed by atoms with van der Waals surface area (Å²) in [7, 11) is 0. The number of fused-ring (bicyclic) bond motifs is 1. The number of H-pyrrole nitrogens is 1. The second-order valence-electron chi connectivity index (χ2n) is 4.65. The van der Waals surface area contributed by atoms with Gasteiger partial charge in [-0.25, -0.2) is 9.97 Å². The summed E-state index contributed by atoms with van der Waals surface area (Å²) >= 11 is 5.85. The van der Waals surface area contributed by atoms with Crippen LogP contribution in [0.25, 0.3) is 11.0 Å². The molecule has 5 nitrogen and oxygen atoms in total. The first-order valence-corrected chi connectivity index (χ1v) is 6.80. The van der Waals surface area contributed by atoms with Gasteiger partial charge in [0.1, 0.15) is 17.7 Å². The molecule has 2 N–H and O–H groups in total. The van der Waals surface area contributed by atoms with Crippen LogP contribution >= 0.6 is 11.6 Å². The van der Waals surface area contributed by atoms with Crippen LogP contribution in [0.3, 0.4) is 0 Å². The van der Waals surface area contributed by atoms with Gasteiger partial charge in [-0.15, -0.1) is 0 Å². The summed E-state index contributed by atoms with van der Waals surface area (Å²) in [6, 6.07) is 11.4. The van der Waals surface area contributed by atoms with E-state index in [2.05, 4.69) is 20.3 Å². The Hall–Kier alpha value is -2.58. The number of nitrogens with one attached hydrogen (secondary N) is 2. The molecular weight excluding hydrogens is 286 g/mol. The number of nitriles is 1. The lowest BCUT2D eigenvalue weighted by molar-refractivity contribution is 0.996. The fourth-order valence-electron chi connectivity index (χ4n) is 2.10. The first-order chi connectivity index (χ1) is 10.2. The third kappa shape index (κ3) is 2.67. The lowest BCUT2D eigenvalue weighted by atomic mass is 10.2. The van der Waals surface area contributed by atoms with Crippen LogP contribution < -0.4 is 5.32 Å². The maximum absolute atomic E-state index is 8.91. The van der Waals surface area contributed by atoms with Gasteiger partial charge in [0, 0.05) is 0 Å². The summed E-state index contributed by atoms with van der Waals surface area (Å²) in [5.74, 6) is 1.41. The van der Waals surface area contributed by atoms with Gasteiger partial charge in [-0.2, -0.15) is 5.26 Å². The molecular formula is C15H12ClN5. The molecule has 0 radical (unpaired) electrons. The molecule has 0 unspecified atom stereocenters. The second kappa shape index (κ2) is 5.43. The molecule has 0 amide bonds. The van der Waals surface area contributed by atoms with Crippen molar-refractivity contribution >= 4 is 28.5 Å². The second-order valence-corrected chi connectivity index (χ2v) is 5.05. The van der Waals surface area contributed by atoms with E-state index in [1.54, 1.807) is 12.1 Å². The average Bonchev–Trinajstić information content (AvgIpc) is 2.91. The van der Waals surface area contributed by atoms with Gasteiger partial charge in [0.2, 0.25) is 0 Å². The zero-order chi connectivity index (χ0) is 14.8. The molecule has 0 bridgehead atoms. The van der Waals surface area contributed by atoms with Gasteiger partial charge in [0.05, 0.1) is 22.6 Å². The normalized spacial score (nSPS) is 10.5. The van der Waals surface area contributed by atoms with Gasteiger partial charge in [-0.1, -0.05) is 23.7 Å². The molecule has 2 heterocycles. The SMILES string of the molecule is Cc1cccc2[nH]c(CNc3ccc(Cl)c(C#N)n3)nc12. The monoisotopic (exact) mass is 297 g/mol. The number of rotatable bonds is 3. The van der Waals surface area contributed by atoms with Crippen molar-refractivity contribution < 1.29 is 0 Å². The number of hydrogen-bond donors (Lipinski definition) is 2.